The van der Waals surface area contributed by atoms with E-state index in [9.17, 15) is 9.59 Å². The Morgan fingerprint density at radius 2 is 1.93 bits per heavy atom. The Bertz CT molecular complexity index is 883. The summed E-state index contributed by atoms with van der Waals surface area (Å²) in [5, 5.41) is 0. The van der Waals surface area contributed by atoms with E-state index < -0.39 is 5.41 Å². The maximum atomic E-state index is 13.0. The molecule has 2 aromatic rings. The Hall–Kier alpha value is -3.02. The van der Waals surface area contributed by atoms with Crippen LogP contribution >= 0.6 is 0 Å². The van der Waals surface area contributed by atoms with Crippen molar-refractivity contribution in [2.24, 2.45) is 0 Å². The predicted molar refractivity (Wildman–Crippen MR) is 101 cm³/mol. The van der Waals surface area contributed by atoms with Crippen LogP contribution in [0.25, 0.3) is 0 Å². The molecule has 0 aliphatic carbocycles. The number of para-hydroxylation sites is 1. The molecular weight excluding hydrogens is 344 g/mol. The van der Waals surface area contributed by atoms with Gasteiger partial charge in [0.1, 0.15) is 11.5 Å². The molecule has 0 radical (unpaired) electrons. The zero-order chi connectivity index (χ0) is 19.0. The first-order valence-corrected chi connectivity index (χ1v) is 8.97. The van der Waals surface area contributed by atoms with Crippen LogP contribution in [0.4, 0.5) is 5.69 Å². The van der Waals surface area contributed by atoms with Gasteiger partial charge >= 0.3 is 0 Å². The van der Waals surface area contributed by atoms with Crippen molar-refractivity contribution >= 4 is 17.5 Å². The molecule has 140 valence electrons. The maximum Gasteiger partial charge on any atom is 0.260 e. The number of hydrogen-bond acceptors (Lipinski definition) is 4. The Labute approximate surface area is 158 Å². The minimum atomic E-state index is -0.693. The molecule has 4 rings (SSSR count). The summed E-state index contributed by atoms with van der Waals surface area (Å²) in [7, 11) is 3.39. The van der Waals surface area contributed by atoms with Crippen LogP contribution in [0, 0.1) is 0 Å². The van der Waals surface area contributed by atoms with Crippen LogP contribution in [-0.2, 0) is 15.0 Å². The molecule has 0 aromatic heterocycles. The van der Waals surface area contributed by atoms with Gasteiger partial charge in [0, 0.05) is 25.8 Å². The van der Waals surface area contributed by atoms with E-state index in [1.165, 1.54) is 0 Å². The standard InChI is InChI=1S/C21H22N2O4/c1-22-18-9-8-16(26-2)12-17(18)21(20(22)25)10-11-23(14-21)19(24)13-27-15-6-4-3-5-7-15/h3-9,12H,10-11,13-14H2,1-2H3/t21-/m0/s1. The third kappa shape index (κ3) is 2.81. The summed E-state index contributed by atoms with van der Waals surface area (Å²) in [5.41, 5.74) is 1.13. The number of likely N-dealkylation sites (tertiary alicyclic amines) is 1. The van der Waals surface area contributed by atoms with Gasteiger partial charge in [0.2, 0.25) is 5.91 Å². The molecule has 1 spiro atoms. The number of carbonyl (C=O) groups is 2. The van der Waals surface area contributed by atoms with Gasteiger partial charge in [-0.25, -0.2) is 0 Å². The van der Waals surface area contributed by atoms with Gasteiger partial charge in [0.25, 0.3) is 5.91 Å². The second kappa shape index (κ2) is 6.61. The number of amides is 2. The number of nitrogens with zero attached hydrogens (tertiary/aromatic N) is 2. The molecule has 2 heterocycles. The molecule has 0 bridgehead atoms. The zero-order valence-electron chi connectivity index (χ0n) is 15.5. The number of anilines is 1. The lowest BCUT2D eigenvalue weighted by Crippen LogP contribution is -2.42. The summed E-state index contributed by atoms with van der Waals surface area (Å²) in [6.07, 6.45) is 0.605. The number of ether oxygens (including phenoxy) is 2. The molecule has 2 aromatic carbocycles. The van der Waals surface area contributed by atoms with Gasteiger partial charge in [-0.3, -0.25) is 9.59 Å². The summed E-state index contributed by atoms with van der Waals surface area (Å²) in [6.45, 7) is 0.871. The van der Waals surface area contributed by atoms with Crippen LogP contribution in [0.5, 0.6) is 11.5 Å². The number of fused-ring (bicyclic) bond motifs is 2. The zero-order valence-corrected chi connectivity index (χ0v) is 15.5. The van der Waals surface area contributed by atoms with Gasteiger partial charge in [-0.05, 0) is 42.3 Å². The molecule has 0 N–H and O–H groups in total. The van der Waals surface area contributed by atoms with Crippen molar-refractivity contribution < 1.29 is 19.1 Å². The second-order valence-corrected chi connectivity index (χ2v) is 7.00. The van der Waals surface area contributed by atoms with Crippen LogP contribution in [0.3, 0.4) is 0 Å². The van der Waals surface area contributed by atoms with Crippen molar-refractivity contribution in [3.05, 3.63) is 54.1 Å². The van der Waals surface area contributed by atoms with E-state index in [0.717, 1.165) is 11.3 Å². The first-order valence-electron chi connectivity index (χ1n) is 8.97. The number of benzene rings is 2. The number of likely N-dealkylation sites (N-methyl/N-ethyl adjacent to an activating group) is 1. The third-order valence-electron chi connectivity index (χ3n) is 5.52. The normalized spacial score (nSPS) is 20.9. The summed E-state index contributed by atoms with van der Waals surface area (Å²) in [6, 6.07) is 14.9. The molecule has 0 unspecified atom stereocenters. The molecule has 1 saturated heterocycles. The van der Waals surface area contributed by atoms with Crippen LogP contribution < -0.4 is 14.4 Å². The number of rotatable bonds is 4. The van der Waals surface area contributed by atoms with Gasteiger partial charge in [0.05, 0.1) is 12.5 Å². The lowest BCUT2D eigenvalue weighted by Gasteiger charge is -2.23. The van der Waals surface area contributed by atoms with E-state index in [1.807, 2.05) is 48.5 Å². The fraction of sp³-hybridized carbons (Fsp3) is 0.333. The Morgan fingerprint density at radius 3 is 2.67 bits per heavy atom. The fourth-order valence-corrected chi connectivity index (χ4v) is 4.03. The number of methoxy groups -OCH3 is 1. The van der Waals surface area contributed by atoms with E-state index >= 15 is 0 Å². The second-order valence-electron chi connectivity index (χ2n) is 7.00. The predicted octanol–water partition coefficient (Wildman–Crippen LogP) is 2.22. The van der Waals surface area contributed by atoms with Gasteiger partial charge < -0.3 is 19.3 Å². The SMILES string of the molecule is COc1ccc2c(c1)[C@@]1(CCN(C(=O)COc3ccccc3)C1)C(=O)N2C. The molecule has 2 aliphatic rings. The maximum absolute atomic E-state index is 13.0. The minimum absolute atomic E-state index is 0.0324. The first kappa shape index (κ1) is 17.4. The fourth-order valence-electron chi connectivity index (χ4n) is 4.03. The molecule has 27 heavy (non-hydrogen) atoms. The highest BCUT2D eigenvalue weighted by molar-refractivity contribution is 6.08. The molecule has 6 nitrogen and oxygen atoms in total. The number of carbonyl (C=O) groups excluding carboxylic acids is 2. The monoisotopic (exact) mass is 366 g/mol. The average Bonchev–Trinajstić information content (AvgIpc) is 3.24. The van der Waals surface area contributed by atoms with Crippen molar-refractivity contribution in [3.63, 3.8) is 0 Å². The van der Waals surface area contributed by atoms with E-state index in [4.69, 9.17) is 9.47 Å². The summed E-state index contributed by atoms with van der Waals surface area (Å²) < 4.78 is 10.9. The van der Waals surface area contributed by atoms with Crippen molar-refractivity contribution in [1.82, 2.24) is 4.90 Å². The van der Waals surface area contributed by atoms with E-state index in [0.29, 0.717) is 31.0 Å². The molecule has 2 amide bonds. The molecular formula is C21H22N2O4. The van der Waals surface area contributed by atoms with E-state index in [-0.39, 0.29) is 18.4 Å². The smallest absolute Gasteiger partial charge is 0.260 e. The molecule has 0 saturated carbocycles. The lowest BCUT2D eigenvalue weighted by atomic mass is 9.81. The molecule has 6 heteroatoms. The highest BCUT2D eigenvalue weighted by Gasteiger charge is 2.54. The molecule has 1 atom stereocenters. The lowest BCUT2D eigenvalue weighted by molar-refractivity contribution is -0.132. The van der Waals surface area contributed by atoms with Gasteiger partial charge in [-0.15, -0.1) is 0 Å². The van der Waals surface area contributed by atoms with Crippen molar-refractivity contribution in [1.29, 1.82) is 0 Å². The average molecular weight is 366 g/mol. The largest absolute Gasteiger partial charge is 0.497 e. The molecule has 2 aliphatic heterocycles. The van der Waals surface area contributed by atoms with Gasteiger partial charge in [-0.1, -0.05) is 18.2 Å². The number of hydrogen-bond donors (Lipinski definition) is 0. The first-order chi connectivity index (χ1) is 13.0. The van der Waals surface area contributed by atoms with Gasteiger partial charge in [-0.2, -0.15) is 0 Å². The topological polar surface area (TPSA) is 59.1 Å². The third-order valence-corrected chi connectivity index (χ3v) is 5.52. The van der Waals surface area contributed by atoms with Gasteiger partial charge in [0.15, 0.2) is 6.61 Å². The Balaban J connectivity index is 1.53. The summed E-state index contributed by atoms with van der Waals surface area (Å²) in [4.78, 5) is 29.1. The van der Waals surface area contributed by atoms with Crippen molar-refractivity contribution in [3.8, 4) is 11.5 Å². The highest BCUT2D eigenvalue weighted by atomic mass is 16.5. The summed E-state index contributed by atoms with van der Waals surface area (Å²) >= 11 is 0. The van der Waals surface area contributed by atoms with Crippen molar-refractivity contribution in [2.75, 3.05) is 38.8 Å². The van der Waals surface area contributed by atoms with E-state index in [1.54, 1.807) is 24.0 Å². The Morgan fingerprint density at radius 1 is 1.15 bits per heavy atom. The van der Waals surface area contributed by atoms with Crippen molar-refractivity contribution in [2.45, 2.75) is 11.8 Å². The van der Waals surface area contributed by atoms with Crippen LogP contribution in [-0.4, -0.2) is 50.6 Å². The minimum Gasteiger partial charge on any atom is -0.497 e. The quantitative estimate of drug-likeness (QED) is 0.833. The van der Waals surface area contributed by atoms with Crippen LogP contribution in [0.15, 0.2) is 48.5 Å². The highest BCUT2D eigenvalue weighted by Crippen LogP contribution is 2.47. The van der Waals surface area contributed by atoms with Crippen LogP contribution in [0.1, 0.15) is 12.0 Å². The van der Waals surface area contributed by atoms with Crippen LogP contribution in [0.2, 0.25) is 0 Å². The van der Waals surface area contributed by atoms with E-state index in [2.05, 4.69) is 0 Å². The molecule has 1 fully saturated rings. The Kier molecular flexibility index (Phi) is 4.26. The summed E-state index contributed by atoms with van der Waals surface area (Å²) in [5.74, 6) is 1.30.